The molecule has 1 fully saturated rings. The first-order valence-corrected chi connectivity index (χ1v) is 12.2. The lowest BCUT2D eigenvalue weighted by molar-refractivity contribution is -0.133. The standard InChI is InChI=1S/C22H28ClN3O4S/c1-3-26(4-2)31(28,29)19-10-11-21(20(23)16-19)30-17-22(27)25-14-12-24(13-15-25)18-8-6-5-7-9-18/h5-11,16H,3-4,12-15,17H2,1-2H3. The van der Waals surface area contributed by atoms with Crippen LogP contribution in [0, 0.1) is 0 Å². The first-order chi connectivity index (χ1) is 14.9. The zero-order chi connectivity index (χ0) is 22.4. The minimum atomic E-state index is -3.60. The van der Waals surface area contributed by atoms with Gasteiger partial charge in [-0.3, -0.25) is 4.79 Å². The zero-order valence-electron chi connectivity index (χ0n) is 17.8. The fourth-order valence-electron chi connectivity index (χ4n) is 3.56. The van der Waals surface area contributed by atoms with Gasteiger partial charge in [0.05, 0.1) is 9.92 Å². The highest BCUT2D eigenvalue weighted by atomic mass is 35.5. The molecule has 1 heterocycles. The van der Waals surface area contributed by atoms with Crippen molar-refractivity contribution in [2.24, 2.45) is 0 Å². The lowest BCUT2D eigenvalue weighted by Gasteiger charge is -2.36. The van der Waals surface area contributed by atoms with E-state index < -0.39 is 10.0 Å². The number of hydrogen-bond donors (Lipinski definition) is 0. The van der Waals surface area contributed by atoms with Gasteiger partial charge in [0.1, 0.15) is 5.75 Å². The number of amides is 1. The Bertz CT molecular complexity index is 989. The lowest BCUT2D eigenvalue weighted by atomic mass is 10.2. The molecular weight excluding hydrogens is 438 g/mol. The van der Waals surface area contributed by atoms with Crippen LogP contribution in [0.15, 0.2) is 53.4 Å². The van der Waals surface area contributed by atoms with Crippen LogP contribution < -0.4 is 9.64 Å². The van der Waals surface area contributed by atoms with Crippen molar-refractivity contribution in [3.05, 3.63) is 53.6 Å². The van der Waals surface area contributed by atoms with E-state index in [9.17, 15) is 13.2 Å². The number of carbonyl (C=O) groups is 1. The summed E-state index contributed by atoms with van der Waals surface area (Å²) in [6.45, 7) is 6.92. The van der Waals surface area contributed by atoms with E-state index in [-0.39, 0.29) is 28.2 Å². The molecule has 2 aromatic rings. The number of halogens is 1. The third kappa shape index (κ3) is 5.50. The number of piperazine rings is 1. The number of anilines is 1. The van der Waals surface area contributed by atoms with Crippen molar-refractivity contribution in [1.29, 1.82) is 0 Å². The van der Waals surface area contributed by atoms with E-state index >= 15 is 0 Å². The van der Waals surface area contributed by atoms with Gasteiger partial charge in [-0.25, -0.2) is 8.42 Å². The molecule has 1 saturated heterocycles. The van der Waals surface area contributed by atoms with Gasteiger partial charge in [0, 0.05) is 45.0 Å². The van der Waals surface area contributed by atoms with Crippen LogP contribution in [0.1, 0.15) is 13.8 Å². The van der Waals surface area contributed by atoms with Gasteiger partial charge in [0.15, 0.2) is 6.61 Å². The van der Waals surface area contributed by atoms with Gasteiger partial charge >= 0.3 is 0 Å². The number of rotatable bonds is 8. The zero-order valence-corrected chi connectivity index (χ0v) is 19.4. The summed E-state index contributed by atoms with van der Waals surface area (Å²) in [5, 5.41) is 0.162. The van der Waals surface area contributed by atoms with Gasteiger partial charge in [0.2, 0.25) is 10.0 Å². The molecule has 9 heteroatoms. The number of benzene rings is 2. The van der Waals surface area contributed by atoms with E-state index in [2.05, 4.69) is 17.0 Å². The van der Waals surface area contributed by atoms with Crippen LogP contribution in [0.4, 0.5) is 5.69 Å². The molecule has 1 aliphatic rings. The van der Waals surface area contributed by atoms with Gasteiger partial charge < -0.3 is 14.5 Å². The molecule has 0 atom stereocenters. The molecular formula is C22H28ClN3O4S. The van der Waals surface area contributed by atoms with E-state index in [1.165, 1.54) is 22.5 Å². The lowest BCUT2D eigenvalue weighted by Crippen LogP contribution is -2.50. The van der Waals surface area contributed by atoms with Crippen LogP contribution in [0.25, 0.3) is 0 Å². The minimum Gasteiger partial charge on any atom is -0.482 e. The highest BCUT2D eigenvalue weighted by Crippen LogP contribution is 2.29. The number of sulfonamides is 1. The fraction of sp³-hybridized carbons (Fsp3) is 0.409. The molecule has 0 unspecified atom stereocenters. The maximum atomic E-state index is 12.6. The van der Waals surface area contributed by atoms with E-state index in [1.807, 2.05) is 18.2 Å². The fourth-order valence-corrected chi connectivity index (χ4v) is 5.34. The number of hydrogen-bond acceptors (Lipinski definition) is 5. The van der Waals surface area contributed by atoms with E-state index in [0.717, 1.165) is 18.8 Å². The summed E-state index contributed by atoms with van der Waals surface area (Å²) in [6, 6.07) is 14.4. The smallest absolute Gasteiger partial charge is 0.260 e. The average molecular weight is 466 g/mol. The third-order valence-electron chi connectivity index (χ3n) is 5.35. The summed E-state index contributed by atoms with van der Waals surface area (Å²) in [6.07, 6.45) is 0. The Labute approximate surface area is 189 Å². The van der Waals surface area contributed by atoms with Crippen molar-refractivity contribution >= 4 is 33.2 Å². The molecule has 0 spiro atoms. The summed E-state index contributed by atoms with van der Waals surface area (Å²) < 4.78 is 32.2. The molecule has 0 bridgehead atoms. The second kappa shape index (κ2) is 10.3. The van der Waals surface area contributed by atoms with Crippen molar-refractivity contribution in [2.45, 2.75) is 18.7 Å². The predicted molar refractivity (Wildman–Crippen MR) is 122 cm³/mol. The third-order valence-corrected chi connectivity index (χ3v) is 7.69. The van der Waals surface area contributed by atoms with Gasteiger partial charge in [-0.05, 0) is 30.3 Å². The molecule has 0 radical (unpaired) electrons. The molecule has 2 aromatic carbocycles. The summed E-state index contributed by atoms with van der Waals surface area (Å²) in [5.41, 5.74) is 1.15. The van der Waals surface area contributed by atoms with E-state index in [1.54, 1.807) is 18.7 Å². The van der Waals surface area contributed by atoms with Gasteiger partial charge in [-0.15, -0.1) is 0 Å². The summed E-state index contributed by atoms with van der Waals surface area (Å²) >= 11 is 6.24. The minimum absolute atomic E-state index is 0.108. The summed E-state index contributed by atoms with van der Waals surface area (Å²) in [5.74, 6) is 0.167. The second-order valence-electron chi connectivity index (χ2n) is 7.17. The van der Waals surface area contributed by atoms with Crippen LogP contribution in [0.5, 0.6) is 5.75 Å². The Balaban J connectivity index is 1.56. The maximum Gasteiger partial charge on any atom is 0.260 e. The molecule has 0 N–H and O–H groups in total. The van der Waals surface area contributed by atoms with E-state index in [4.69, 9.17) is 16.3 Å². The topological polar surface area (TPSA) is 70.2 Å². The Morgan fingerprint density at radius 3 is 2.26 bits per heavy atom. The molecule has 1 amide bonds. The summed E-state index contributed by atoms with van der Waals surface area (Å²) in [4.78, 5) is 16.7. The Hall–Kier alpha value is -2.29. The molecule has 31 heavy (non-hydrogen) atoms. The monoisotopic (exact) mass is 465 g/mol. The van der Waals surface area contributed by atoms with Crippen molar-refractivity contribution in [2.75, 3.05) is 50.8 Å². The normalized spacial score (nSPS) is 14.7. The van der Waals surface area contributed by atoms with Crippen molar-refractivity contribution < 1.29 is 17.9 Å². The number of nitrogens with zero attached hydrogens (tertiary/aromatic N) is 3. The van der Waals surface area contributed by atoms with Crippen LogP contribution in [0.2, 0.25) is 5.02 Å². The van der Waals surface area contributed by atoms with Crippen LogP contribution >= 0.6 is 11.6 Å². The van der Waals surface area contributed by atoms with Gasteiger partial charge in [-0.1, -0.05) is 43.6 Å². The Kier molecular flexibility index (Phi) is 7.80. The average Bonchev–Trinajstić information content (AvgIpc) is 2.79. The molecule has 168 valence electrons. The van der Waals surface area contributed by atoms with Gasteiger partial charge in [-0.2, -0.15) is 4.31 Å². The Morgan fingerprint density at radius 1 is 1.03 bits per heavy atom. The second-order valence-corrected chi connectivity index (χ2v) is 9.52. The molecule has 0 aliphatic carbocycles. The first-order valence-electron chi connectivity index (χ1n) is 10.4. The maximum absolute atomic E-state index is 12.6. The first kappa shape index (κ1) is 23.4. The van der Waals surface area contributed by atoms with Crippen molar-refractivity contribution in [3.63, 3.8) is 0 Å². The highest BCUT2D eigenvalue weighted by Gasteiger charge is 2.24. The molecule has 7 nitrogen and oxygen atoms in total. The quantitative estimate of drug-likeness (QED) is 0.599. The number of carbonyl (C=O) groups excluding carboxylic acids is 1. The Morgan fingerprint density at radius 2 is 1.68 bits per heavy atom. The molecule has 0 aromatic heterocycles. The highest BCUT2D eigenvalue weighted by molar-refractivity contribution is 7.89. The van der Waals surface area contributed by atoms with Crippen LogP contribution in [-0.2, 0) is 14.8 Å². The largest absolute Gasteiger partial charge is 0.482 e. The number of ether oxygens (including phenoxy) is 1. The summed E-state index contributed by atoms with van der Waals surface area (Å²) in [7, 11) is -3.60. The predicted octanol–water partition coefficient (Wildman–Crippen LogP) is 3.10. The van der Waals surface area contributed by atoms with E-state index in [0.29, 0.717) is 26.2 Å². The SMILES string of the molecule is CCN(CC)S(=O)(=O)c1ccc(OCC(=O)N2CCN(c3ccccc3)CC2)c(Cl)c1. The molecule has 3 rings (SSSR count). The molecule has 1 aliphatic heterocycles. The van der Waals surface area contributed by atoms with Crippen molar-refractivity contribution in [1.82, 2.24) is 9.21 Å². The van der Waals surface area contributed by atoms with Crippen LogP contribution in [-0.4, -0.2) is 69.4 Å². The van der Waals surface area contributed by atoms with Gasteiger partial charge in [0.25, 0.3) is 5.91 Å². The van der Waals surface area contributed by atoms with Crippen LogP contribution in [0.3, 0.4) is 0 Å². The molecule has 0 saturated carbocycles. The number of para-hydroxylation sites is 1. The van der Waals surface area contributed by atoms with Crippen molar-refractivity contribution in [3.8, 4) is 5.75 Å².